The first kappa shape index (κ1) is 25.5. The molecule has 1 fully saturated rings. The number of guanidine groups is 1. The van der Waals surface area contributed by atoms with E-state index in [4.69, 9.17) is 21.3 Å². The summed E-state index contributed by atoms with van der Waals surface area (Å²) in [6.45, 7) is 1.94. The van der Waals surface area contributed by atoms with Crippen LogP contribution in [0, 0.1) is 0 Å². The van der Waals surface area contributed by atoms with Gasteiger partial charge in [0.2, 0.25) is 5.91 Å². The number of hydrogen-bond acceptors (Lipinski definition) is 8. The third-order valence-electron chi connectivity index (χ3n) is 4.24. The van der Waals surface area contributed by atoms with Gasteiger partial charge in [-0.1, -0.05) is 6.92 Å². The van der Waals surface area contributed by atoms with Crippen molar-refractivity contribution in [3.8, 4) is 0 Å². The Morgan fingerprint density at radius 3 is 2.40 bits per heavy atom. The molecule has 0 spiro atoms. The highest BCUT2D eigenvalue weighted by molar-refractivity contribution is 5.79. The molecule has 0 bridgehead atoms. The van der Waals surface area contributed by atoms with Crippen molar-refractivity contribution in [3.63, 3.8) is 0 Å². The molecule has 1 aliphatic heterocycles. The van der Waals surface area contributed by atoms with Gasteiger partial charge in [0.1, 0.15) is 31.0 Å². The van der Waals surface area contributed by atoms with Gasteiger partial charge in [-0.3, -0.25) is 9.59 Å². The van der Waals surface area contributed by atoms with Crippen LogP contribution in [0.2, 0.25) is 0 Å². The fourth-order valence-electron chi connectivity index (χ4n) is 2.88. The fourth-order valence-corrected chi connectivity index (χ4v) is 2.88. The van der Waals surface area contributed by atoms with E-state index in [-0.39, 0.29) is 6.42 Å². The molecule has 12 nitrogen and oxygen atoms in total. The molecule has 0 saturated carbocycles. The zero-order chi connectivity index (χ0) is 23.2. The number of aliphatic hydroxyl groups is 2. The average Bonchev–Trinajstić information content (AvgIpc) is 2.64. The van der Waals surface area contributed by atoms with E-state index in [1.54, 1.807) is 6.92 Å². The van der Waals surface area contributed by atoms with Gasteiger partial charge in [0.25, 0.3) is 0 Å². The normalized spacial score (nSPS) is 30.6. The van der Waals surface area contributed by atoms with Crippen LogP contribution in [-0.4, -0.2) is 88.2 Å². The SMILES string of the molecule is CCCC(=O)OC[C@H](O)[C@H](O)[C@@H]1O[C@@](F)(C(=O)O)[C@H](F)[C@H](N=C(N)N)[C@H]1NC(C)=O. The predicted molar refractivity (Wildman–Crippen MR) is 96.3 cm³/mol. The highest BCUT2D eigenvalue weighted by atomic mass is 19.2. The summed E-state index contributed by atoms with van der Waals surface area (Å²) in [6.07, 6.45) is -8.57. The van der Waals surface area contributed by atoms with Crippen LogP contribution in [0.3, 0.4) is 0 Å². The Hall–Kier alpha value is -2.58. The summed E-state index contributed by atoms with van der Waals surface area (Å²) >= 11 is 0. The number of esters is 1. The molecular formula is C16H26F2N4O8. The second kappa shape index (κ2) is 10.4. The van der Waals surface area contributed by atoms with E-state index >= 15 is 0 Å². The summed E-state index contributed by atoms with van der Waals surface area (Å²) in [7, 11) is 0. The number of halogens is 2. The lowest BCUT2D eigenvalue weighted by Gasteiger charge is -2.45. The number of aliphatic carboxylic acids is 1. The van der Waals surface area contributed by atoms with Crippen molar-refractivity contribution in [3.05, 3.63) is 0 Å². The Bertz CT molecular complexity index is 678. The van der Waals surface area contributed by atoms with E-state index in [2.05, 4.69) is 15.0 Å². The number of carboxylic acids is 1. The molecule has 1 aliphatic rings. The molecule has 1 saturated heterocycles. The number of rotatable bonds is 9. The predicted octanol–water partition coefficient (Wildman–Crippen LogP) is -2.31. The number of carbonyl (C=O) groups is 3. The maximum atomic E-state index is 14.8. The number of carboxylic acid groups (broad SMARTS) is 1. The molecule has 14 heteroatoms. The molecule has 172 valence electrons. The largest absolute Gasteiger partial charge is 0.477 e. The van der Waals surface area contributed by atoms with Gasteiger partial charge in [-0.2, -0.15) is 4.39 Å². The first-order valence-corrected chi connectivity index (χ1v) is 8.96. The van der Waals surface area contributed by atoms with Crippen molar-refractivity contribution < 1.29 is 48.0 Å². The van der Waals surface area contributed by atoms with Crippen LogP contribution in [-0.2, 0) is 23.9 Å². The minimum Gasteiger partial charge on any atom is -0.477 e. The molecule has 7 atom stereocenters. The van der Waals surface area contributed by atoms with Crippen LogP contribution >= 0.6 is 0 Å². The average molecular weight is 440 g/mol. The van der Waals surface area contributed by atoms with Gasteiger partial charge in [-0.15, -0.1) is 0 Å². The first-order chi connectivity index (χ1) is 13.8. The van der Waals surface area contributed by atoms with E-state index < -0.39 is 72.8 Å². The Morgan fingerprint density at radius 2 is 1.93 bits per heavy atom. The maximum Gasteiger partial charge on any atom is 0.372 e. The minimum absolute atomic E-state index is 0.0277. The van der Waals surface area contributed by atoms with Crippen molar-refractivity contribution in [2.75, 3.05) is 6.61 Å². The number of ether oxygens (including phenoxy) is 2. The van der Waals surface area contributed by atoms with E-state index in [9.17, 15) is 33.4 Å². The van der Waals surface area contributed by atoms with Crippen molar-refractivity contribution in [1.29, 1.82) is 0 Å². The number of amides is 1. The summed E-state index contributed by atoms with van der Waals surface area (Å²) in [4.78, 5) is 37.7. The van der Waals surface area contributed by atoms with Gasteiger partial charge in [0, 0.05) is 13.3 Å². The summed E-state index contributed by atoms with van der Waals surface area (Å²) < 4.78 is 39.0. The zero-order valence-electron chi connectivity index (χ0n) is 16.3. The van der Waals surface area contributed by atoms with Crippen LogP contribution < -0.4 is 16.8 Å². The standard InChI is InChI=1S/C16H26F2N4O8/c1-3-4-8(25)29-5-7(24)11(26)12-9(21-6(2)23)10(22-15(19)20)13(17)16(18,30-12)14(27)28/h7,9-13,24,26H,3-5H2,1-2H3,(H,21,23)(H,27,28)(H4,19,20,22)/t7-,9+,10+,11-,12+,13+,16+/m0/s1. The van der Waals surface area contributed by atoms with E-state index in [0.29, 0.717) is 6.42 Å². The van der Waals surface area contributed by atoms with Crippen molar-refractivity contribution in [2.45, 2.75) is 69.1 Å². The minimum atomic E-state index is -4.01. The lowest BCUT2D eigenvalue weighted by Crippen LogP contribution is -2.71. The lowest BCUT2D eigenvalue weighted by atomic mass is 9.86. The summed E-state index contributed by atoms with van der Waals surface area (Å²) in [5.41, 5.74) is 10.4. The number of hydrogen-bond donors (Lipinski definition) is 6. The maximum absolute atomic E-state index is 14.8. The third-order valence-corrected chi connectivity index (χ3v) is 4.24. The smallest absolute Gasteiger partial charge is 0.372 e. The number of aliphatic hydroxyl groups excluding tert-OH is 2. The molecule has 8 N–H and O–H groups in total. The Morgan fingerprint density at radius 1 is 1.33 bits per heavy atom. The van der Waals surface area contributed by atoms with Crippen molar-refractivity contribution in [2.24, 2.45) is 16.5 Å². The molecule has 0 radical (unpaired) electrons. The molecular weight excluding hydrogens is 414 g/mol. The van der Waals surface area contributed by atoms with Crippen molar-refractivity contribution in [1.82, 2.24) is 5.32 Å². The van der Waals surface area contributed by atoms with Gasteiger partial charge < -0.3 is 41.6 Å². The molecule has 0 aromatic carbocycles. The summed E-state index contributed by atoms with van der Waals surface area (Å²) in [5, 5.41) is 31.8. The lowest BCUT2D eigenvalue weighted by molar-refractivity contribution is -0.276. The van der Waals surface area contributed by atoms with E-state index in [1.165, 1.54) is 0 Å². The van der Waals surface area contributed by atoms with Gasteiger partial charge in [-0.25, -0.2) is 14.2 Å². The highest BCUT2D eigenvalue weighted by Crippen LogP contribution is 2.37. The molecule has 1 rings (SSSR count). The molecule has 30 heavy (non-hydrogen) atoms. The topological polar surface area (TPSA) is 207 Å². The Kier molecular flexibility index (Phi) is 8.87. The second-order valence-corrected chi connectivity index (χ2v) is 6.70. The number of nitrogens with zero attached hydrogens (tertiary/aromatic N) is 1. The molecule has 1 amide bonds. The van der Waals surface area contributed by atoms with Gasteiger partial charge >= 0.3 is 17.8 Å². The van der Waals surface area contributed by atoms with Crippen LogP contribution in [0.15, 0.2) is 4.99 Å². The monoisotopic (exact) mass is 440 g/mol. The van der Waals surface area contributed by atoms with Crippen LogP contribution in [0.1, 0.15) is 26.7 Å². The van der Waals surface area contributed by atoms with Crippen LogP contribution in [0.25, 0.3) is 0 Å². The molecule has 0 aromatic rings. The zero-order valence-corrected chi connectivity index (χ0v) is 16.3. The summed E-state index contributed by atoms with van der Waals surface area (Å²) in [6, 6.07) is -3.71. The quantitative estimate of drug-likeness (QED) is 0.128. The number of alkyl halides is 2. The molecule has 0 aromatic heterocycles. The van der Waals surface area contributed by atoms with Gasteiger partial charge in [0.05, 0.1) is 6.04 Å². The first-order valence-electron chi connectivity index (χ1n) is 8.96. The third kappa shape index (κ3) is 5.96. The number of nitrogens with two attached hydrogens (primary N) is 2. The molecule has 1 heterocycles. The Labute approximate surface area is 170 Å². The molecule has 0 unspecified atom stereocenters. The highest BCUT2D eigenvalue weighted by Gasteiger charge is 2.63. The van der Waals surface area contributed by atoms with Crippen LogP contribution in [0.5, 0.6) is 0 Å². The number of carbonyl (C=O) groups excluding carboxylic acids is 2. The fraction of sp³-hybridized carbons (Fsp3) is 0.750. The van der Waals surface area contributed by atoms with Gasteiger partial charge in [0.15, 0.2) is 12.1 Å². The summed E-state index contributed by atoms with van der Waals surface area (Å²) in [5.74, 6) is -8.64. The Balaban J connectivity index is 3.27. The van der Waals surface area contributed by atoms with Gasteiger partial charge in [-0.05, 0) is 6.42 Å². The number of aliphatic imine (C=N–C) groups is 1. The molecule has 0 aliphatic carbocycles. The van der Waals surface area contributed by atoms with Crippen LogP contribution in [0.4, 0.5) is 8.78 Å². The second-order valence-electron chi connectivity index (χ2n) is 6.70. The van der Waals surface area contributed by atoms with E-state index in [0.717, 1.165) is 6.92 Å². The van der Waals surface area contributed by atoms with E-state index in [1.807, 2.05) is 0 Å². The van der Waals surface area contributed by atoms with Crippen molar-refractivity contribution >= 4 is 23.8 Å². The number of nitrogens with one attached hydrogen (secondary N) is 1.